The second kappa shape index (κ2) is 9.26. The number of rotatable bonds is 5. The lowest BCUT2D eigenvalue weighted by molar-refractivity contribution is -0.115. The molecule has 0 fully saturated rings. The van der Waals surface area contributed by atoms with Crippen molar-refractivity contribution in [2.45, 2.75) is 33.7 Å². The highest BCUT2D eigenvalue weighted by Gasteiger charge is 2.21. The summed E-state index contributed by atoms with van der Waals surface area (Å²) in [7, 11) is 0. The van der Waals surface area contributed by atoms with Crippen molar-refractivity contribution >= 4 is 45.0 Å². The fourth-order valence-corrected chi connectivity index (χ4v) is 4.83. The third-order valence-electron chi connectivity index (χ3n) is 6.58. The summed E-state index contributed by atoms with van der Waals surface area (Å²) in [6, 6.07) is 16.6. The highest BCUT2D eigenvalue weighted by molar-refractivity contribution is 6.37. The Labute approximate surface area is 212 Å². The molecule has 0 saturated heterocycles. The predicted molar refractivity (Wildman–Crippen MR) is 143 cm³/mol. The molecule has 182 valence electrons. The maximum Gasteiger partial charge on any atom is 0.268 e. The number of carbonyl (C=O) groups excluding carboxylic acids is 1. The van der Waals surface area contributed by atoms with Crippen molar-refractivity contribution < 1.29 is 9.32 Å². The van der Waals surface area contributed by atoms with E-state index in [1.807, 2.05) is 50.2 Å². The molecule has 7 nitrogen and oxygen atoms in total. The van der Waals surface area contributed by atoms with Gasteiger partial charge in [-0.05, 0) is 79.4 Å². The number of nitrogens with zero attached hydrogens (tertiary/aromatic N) is 2. The molecular weight excluding hydrogens is 476 g/mol. The number of hydrogen-bond acceptors (Lipinski definition) is 5. The average molecular weight is 501 g/mol. The number of anilines is 1. The van der Waals surface area contributed by atoms with Crippen LogP contribution in [0.3, 0.4) is 0 Å². The number of pyridine rings is 1. The van der Waals surface area contributed by atoms with Gasteiger partial charge >= 0.3 is 0 Å². The molecule has 36 heavy (non-hydrogen) atoms. The van der Waals surface area contributed by atoms with Gasteiger partial charge in [0, 0.05) is 16.8 Å². The smallest absolute Gasteiger partial charge is 0.268 e. The number of amides is 1. The van der Waals surface area contributed by atoms with Crippen LogP contribution in [-0.2, 0) is 17.8 Å². The first-order valence-electron chi connectivity index (χ1n) is 11.6. The van der Waals surface area contributed by atoms with Crippen LogP contribution in [0.1, 0.15) is 28.0 Å². The number of aryl methyl sites for hydroxylation is 2. The van der Waals surface area contributed by atoms with Gasteiger partial charge in [0.2, 0.25) is 5.91 Å². The second-order valence-electron chi connectivity index (χ2n) is 8.94. The number of halogens is 1. The number of benzene rings is 3. The molecular formula is C28H25ClN4O3. The van der Waals surface area contributed by atoms with E-state index in [2.05, 4.69) is 17.4 Å². The number of hydrogen-bond donors (Lipinski definition) is 2. The van der Waals surface area contributed by atoms with Crippen LogP contribution in [0.15, 0.2) is 63.9 Å². The van der Waals surface area contributed by atoms with E-state index in [4.69, 9.17) is 21.9 Å². The third kappa shape index (κ3) is 4.06. The standard InChI is InChI=1S/C28H25ClN4O3/c1-15-10-19(11-16(2)17(15)3)31-24(34)13-18-6-4-7-20(12-18)33-22-9-5-8-21(29)25(22)27-26(28(33)35)23(14-30)36-32-27/h4-12H,13-14,30H2,1-3H3,(H,31,34). The predicted octanol–water partition coefficient (Wildman–Crippen LogP) is 5.35. The Morgan fingerprint density at radius 3 is 2.50 bits per heavy atom. The number of nitrogens with one attached hydrogen (secondary N) is 1. The van der Waals surface area contributed by atoms with Gasteiger partial charge < -0.3 is 15.6 Å². The van der Waals surface area contributed by atoms with Crippen molar-refractivity contribution in [3.8, 4) is 5.69 Å². The van der Waals surface area contributed by atoms with Crippen LogP contribution >= 0.6 is 11.6 Å². The molecule has 8 heteroatoms. The lowest BCUT2D eigenvalue weighted by Gasteiger charge is -2.14. The van der Waals surface area contributed by atoms with Gasteiger partial charge in [-0.2, -0.15) is 0 Å². The summed E-state index contributed by atoms with van der Waals surface area (Å²) in [6.07, 6.45) is 0.150. The van der Waals surface area contributed by atoms with E-state index in [0.29, 0.717) is 38.3 Å². The summed E-state index contributed by atoms with van der Waals surface area (Å²) >= 11 is 6.53. The molecule has 0 radical (unpaired) electrons. The number of carbonyl (C=O) groups is 1. The Hall–Kier alpha value is -3.94. The minimum atomic E-state index is -0.311. The maximum atomic E-state index is 13.6. The Morgan fingerprint density at radius 2 is 1.78 bits per heavy atom. The van der Waals surface area contributed by atoms with Crippen LogP contribution in [0.2, 0.25) is 5.02 Å². The van der Waals surface area contributed by atoms with Gasteiger partial charge in [0.1, 0.15) is 10.9 Å². The Bertz CT molecular complexity index is 1700. The summed E-state index contributed by atoms with van der Waals surface area (Å²) in [6.45, 7) is 6.14. The SMILES string of the molecule is Cc1cc(NC(=O)Cc2cccc(-n3c(=O)c4c(CN)onc4c4c(Cl)cccc43)c2)cc(C)c1C. The van der Waals surface area contributed by atoms with Gasteiger partial charge in [-0.3, -0.25) is 14.2 Å². The van der Waals surface area contributed by atoms with Gasteiger partial charge in [0.05, 0.1) is 23.5 Å². The fraction of sp³-hybridized carbons (Fsp3) is 0.179. The van der Waals surface area contributed by atoms with Crippen molar-refractivity contribution in [3.05, 3.63) is 98.0 Å². The van der Waals surface area contributed by atoms with Gasteiger partial charge in [-0.25, -0.2) is 0 Å². The monoisotopic (exact) mass is 500 g/mol. The van der Waals surface area contributed by atoms with E-state index in [-0.39, 0.29) is 24.4 Å². The topological polar surface area (TPSA) is 103 Å². The summed E-state index contributed by atoms with van der Waals surface area (Å²) in [5, 5.41) is 8.41. The zero-order valence-corrected chi connectivity index (χ0v) is 20.9. The zero-order valence-electron chi connectivity index (χ0n) is 20.2. The van der Waals surface area contributed by atoms with Crippen molar-refractivity contribution in [2.75, 3.05) is 5.32 Å². The van der Waals surface area contributed by atoms with E-state index >= 15 is 0 Å². The van der Waals surface area contributed by atoms with Crippen molar-refractivity contribution in [1.82, 2.24) is 9.72 Å². The molecule has 0 spiro atoms. The second-order valence-corrected chi connectivity index (χ2v) is 9.35. The molecule has 0 atom stereocenters. The number of aromatic nitrogens is 2. The normalized spacial score (nSPS) is 11.4. The van der Waals surface area contributed by atoms with Crippen molar-refractivity contribution in [3.63, 3.8) is 0 Å². The van der Waals surface area contributed by atoms with E-state index in [0.717, 1.165) is 22.4 Å². The third-order valence-corrected chi connectivity index (χ3v) is 6.89. The minimum absolute atomic E-state index is 0.0276. The Kier molecular flexibility index (Phi) is 6.12. The Balaban J connectivity index is 1.56. The molecule has 0 unspecified atom stereocenters. The van der Waals surface area contributed by atoms with Crippen LogP contribution in [0.25, 0.3) is 27.5 Å². The molecule has 2 aromatic heterocycles. The lowest BCUT2D eigenvalue weighted by atomic mass is 10.0. The van der Waals surface area contributed by atoms with Crippen LogP contribution in [-0.4, -0.2) is 15.6 Å². The van der Waals surface area contributed by atoms with Gasteiger partial charge in [-0.15, -0.1) is 0 Å². The molecule has 0 bridgehead atoms. The molecule has 1 amide bonds. The lowest BCUT2D eigenvalue weighted by Crippen LogP contribution is -2.20. The Morgan fingerprint density at radius 1 is 1.06 bits per heavy atom. The molecule has 0 aliphatic rings. The van der Waals surface area contributed by atoms with Gasteiger partial charge in [0.25, 0.3) is 5.56 Å². The summed E-state index contributed by atoms with van der Waals surface area (Å²) < 4.78 is 6.92. The first-order valence-corrected chi connectivity index (χ1v) is 11.9. The summed E-state index contributed by atoms with van der Waals surface area (Å²) in [5.41, 5.74) is 12.1. The van der Waals surface area contributed by atoms with Crippen LogP contribution in [0.4, 0.5) is 5.69 Å². The first-order chi connectivity index (χ1) is 17.3. The minimum Gasteiger partial charge on any atom is -0.359 e. The van der Waals surface area contributed by atoms with Crippen LogP contribution < -0.4 is 16.6 Å². The summed E-state index contributed by atoms with van der Waals surface area (Å²) in [5.74, 6) is 0.153. The zero-order chi connectivity index (χ0) is 25.6. The van der Waals surface area contributed by atoms with Crippen LogP contribution in [0, 0.1) is 20.8 Å². The van der Waals surface area contributed by atoms with E-state index in [9.17, 15) is 9.59 Å². The molecule has 5 aromatic rings. The molecule has 0 saturated carbocycles. The van der Waals surface area contributed by atoms with E-state index in [1.54, 1.807) is 22.8 Å². The number of nitrogens with two attached hydrogens (primary N) is 1. The maximum absolute atomic E-state index is 13.6. The molecule has 0 aliphatic carbocycles. The van der Waals surface area contributed by atoms with Crippen molar-refractivity contribution in [2.24, 2.45) is 5.73 Å². The molecule has 2 heterocycles. The number of fused-ring (bicyclic) bond motifs is 3. The summed E-state index contributed by atoms with van der Waals surface area (Å²) in [4.78, 5) is 26.5. The quantitative estimate of drug-likeness (QED) is 0.338. The fourth-order valence-electron chi connectivity index (χ4n) is 4.57. The van der Waals surface area contributed by atoms with Crippen molar-refractivity contribution in [1.29, 1.82) is 0 Å². The first kappa shape index (κ1) is 23.8. The van der Waals surface area contributed by atoms with Crippen LogP contribution in [0.5, 0.6) is 0 Å². The van der Waals surface area contributed by atoms with E-state index in [1.165, 1.54) is 5.56 Å². The molecule has 5 rings (SSSR count). The van der Waals surface area contributed by atoms with Gasteiger partial charge in [0.15, 0.2) is 5.76 Å². The molecule has 3 aromatic carbocycles. The largest absolute Gasteiger partial charge is 0.359 e. The van der Waals surface area contributed by atoms with Gasteiger partial charge in [-0.1, -0.05) is 35.0 Å². The molecule has 3 N–H and O–H groups in total. The molecule has 0 aliphatic heterocycles. The highest BCUT2D eigenvalue weighted by Crippen LogP contribution is 2.31. The van der Waals surface area contributed by atoms with E-state index < -0.39 is 0 Å². The average Bonchev–Trinajstić information content (AvgIpc) is 3.27. The highest BCUT2D eigenvalue weighted by atomic mass is 35.5.